The number of aromatic hydroxyl groups is 3. The Morgan fingerprint density at radius 2 is 1.62 bits per heavy atom. The predicted octanol–water partition coefficient (Wildman–Crippen LogP) is 1.68. The van der Waals surface area contributed by atoms with Crippen molar-refractivity contribution >= 4 is 17.5 Å². The molecule has 0 fully saturated rings. The van der Waals surface area contributed by atoms with Gasteiger partial charge in [0.15, 0.2) is 23.1 Å². The summed E-state index contributed by atoms with van der Waals surface area (Å²) in [4.78, 5) is 37.9. The van der Waals surface area contributed by atoms with Gasteiger partial charge in [-0.15, -0.1) is 0 Å². The highest BCUT2D eigenvalue weighted by Crippen LogP contribution is 2.45. The largest absolute Gasteiger partial charge is 0.508 e. The summed E-state index contributed by atoms with van der Waals surface area (Å²) in [5.41, 5.74) is -1.27. The van der Waals surface area contributed by atoms with Gasteiger partial charge in [0.1, 0.15) is 17.1 Å². The molecule has 3 N–H and O–H groups in total. The first-order valence-corrected chi connectivity index (χ1v) is 7.41. The number of methoxy groups -OCH3 is 2. The molecular weight excluding hydrogens is 344 g/mol. The average Bonchev–Trinajstić information content (AvgIpc) is 2.58. The van der Waals surface area contributed by atoms with Gasteiger partial charge in [0.05, 0.1) is 25.3 Å². The lowest BCUT2D eigenvalue weighted by atomic mass is 9.79. The zero-order chi connectivity index (χ0) is 19.3. The lowest BCUT2D eigenvalue weighted by Gasteiger charge is -2.24. The molecule has 8 heteroatoms. The van der Waals surface area contributed by atoms with Crippen molar-refractivity contribution in [3.63, 3.8) is 0 Å². The highest BCUT2D eigenvalue weighted by Gasteiger charge is 2.40. The third-order valence-electron chi connectivity index (χ3n) is 4.30. The van der Waals surface area contributed by atoms with Crippen molar-refractivity contribution < 1.29 is 39.2 Å². The van der Waals surface area contributed by atoms with Crippen LogP contribution in [0.5, 0.6) is 23.0 Å². The first kappa shape index (κ1) is 17.3. The van der Waals surface area contributed by atoms with Gasteiger partial charge in [-0.2, -0.15) is 0 Å². The van der Waals surface area contributed by atoms with Crippen molar-refractivity contribution in [1.82, 2.24) is 0 Å². The lowest BCUT2D eigenvalue weighted by Crippen LogP contribution is -2.25. The number of benzene rings is 2. The Kier molecular flexibility index (Phi) is 3.83. The highest BCUT2D eigenvalue weighted by atomic mass is 16.5. The van der Waals surface area contributed by atoms with Crippen molar-refractivity contribution in [2.24, 2.45) is 0 Å². The van der Waals surface area contributed by atoms with E-state index >= 15 is 0 Å². The Balaban J connectivity index is 2.47. The molecule has 1 aliphatic carbocycles. The maximum absolute atomic E-state index is 13.0. The van der Waals surface area contributed by atoms with Crippen molar-refractivity contribution in [2.75, 3.05) is 14.2 Å². The third-order valence-corrected chi connectivity index (χ3v) is 4.30. The number of rotatable bonds is 2. The van der Waals surface area contributed by atoms with Gasteiger partial charge in [0, 0.05) is 17.2 Å². The van der Waals surface area contributed by atoms with Crippen LogP contribution in [0, 0.1) is 6.92 Å². The fraction of sp³-hybridized carbons (Fsp3) is 0.167. The van der Waals surface area contributed by atoms with Crippen LogP contribution in [0.2, 0.25) is 0 Å². The summed E-state index contributed by atoms with van der Waals surface area (Å²) in [5.74, 6) is -4.38. The van der Waals surface area contributed by atoms with Crippen molar-refractivity contribution in [3.8, 4) is 23.0 Å². The van der Waals surface area contributed by atoms with Gasteiger partial charge in [0.2, 0.25) is 0 Å². The molecule has 0 unspecified atom stereocenters. The summed E-state index contributed by atoms with van der Waals surface area (Å²) in [6.07, 6.45) is 0. The zero-order valence-corrected chi connectivity index (χ0v) is 14.0. The van der Waals surface area contributed by atoms with Crippen LogP contribution in [0.15, 0.2) is 12.1 Å². The van der Waals surface area contributed by atoms with Crippen LogP contribution in [0.3, 0.4) is 0 Å². The number of esters is 1. The maximum Gasteiger partial charge on any atom is 0.342 e. The number of phenols is 3. The number of carbonyl (C=O) groups excluding carboxylic acids is 3. The van der Waals surface area contributed by atoms with Gasteiger partial charge in [-0.25, -0.2) is 4.79 Å². The number of hydrogen-bond acceptors (Lipinski definition) is 8. The molecule has 8 nitrogen and oxygen atoms in total. The quantitative estimate of drug-likeness (QED) is 0.590. The second kappa shape index (κ2) is 5.76. The molecule has 2 aromatic rings. The van der Waals surface area contributed by atoms with E-state index in [0.717, 1.165) is 19.2 Å². The third kappa shape index (κ3) is 2.12. The monoisotopic (exact) mass is 358 g/mol. The summed E-state index contributed by atoms with van der Waals surface area (Å²) in [6.45, 7) is 1.37. The molecule has 0 amide bonds. The Labute approximate surface area is 147 Å². The summed E-state index contributed by atoms with van der Waals surface area (Å²) >= 11 is 0. The van der Waals surface area contributed by atoms with Gasteiger partial charge >= 0.3 is 5.97 Å². The van der Waals surface area contributed by atoms with E-state index in [-0.39, 0.29) is 39.1 Å². The molecule has 0 saturated heterocycles. The van der Waals surface area contributed by atoms with Crippen LogP contribution in [-0.4, -0.2) is 47.1 Å². The second-order valence-electron chi connectivity index (χ2n) is 5.67. The molecule has 0 radical (unpaired) electrons. The molecular formula is C18H14O8. The zero-order valence-electron chi connectivity index (χ0n) is 14.0. The van der Waals surface area contributed by atoms with E-state index in [1.165, 1.54) is 14.0 Å². The van der Waals surface area contributed by atoms with Gasteiger partial charge in [-0.1, -0.05) is 0 Å². The van der Waals surface area contributed by atoms with Crippen LogP contribution < -0.4 is 4.74 Å². The molecule has 0 spiro atoms. The molecule has 0 saturated carbocycles. The fourth-order valence-corrected chi connectivity index (χ4v) is 3.18. The molecule has 2 aromatic carbocycles. The van der Waals surface area contributed by atoms with Crippen LogP contribution in [0.4, 0.5) is 0 Å². The average molecular weight is 358 g/mol. The van der Waals surface area contributed by atoms with Gasteiger partial charge in [0.25, 0.3) is 0 Å². The van der Waals surface area contributed by atoms with E-state index in [0.29, 0.717) is 0 Å². The first-order chi connectivity index (χ1) is 12.2. The Morgan fingerprint density at radius 3 is 2.19 bits per heavy atom. The summed E-state index contributed by atoms with van der Waals surface area (Å²) in [5, 5.41) is 30.1. The molecule has 0 heterocycles. The van der Waals surface area contributed by atoms with E-state index in [9.17, 15) is 29.7 Å². The van der Waals surface area contributed by atoms with Crippen LogP contribution >= 0.6 is 0 Å². The minimum atomic E-state index is -0.915. The Bertz CT molecular complexity index is 1000. The van der Waals surface area contributed by atoms with E-state index in [1.54, 1.807) is 0 Å². The van der Waals surface area contributed by atoms with Crippen molar-refractivity contribution in [3.05, 3.63) is 45.5 Å². The number of phenolic OH excluding ortho intramolecular Hbond substituents is 3. The van der Waals surface area contributed by atoms with Crippen molar-refractivity contribution in [2.45, 2.75) is 6.92 Å². The SMILES string of the molecule is COC(=O)c1c(C)c2c(c(OC)c1O)C(=O)c1cc(O)cc(O)c1C2=O. The topological polar surface area (TPSA) is 130 Å². The predicted molar refractivity (Wildman–Crippen MR) is 87.4 cm³/mol. The molecule has 0 bridgehead atoms. The number of hydrogen-bond donors (Lipinski definition) is 3. The minimum absolute atomic E-state index is 0.0154. The number of carbonyl (C=O) groups is 3. The van der Waals surface area contributed by atoms with Crippen LogP contribution in [0.25, 0.3) is 0 Å². The standard InChI is InChI=1S/C18H14O8/c1-6-10-13(17(25-2)16(23)11(6)18(24)26-3)14(21)8-4-7(19)5-9(20)12(8)15(10)22/h4-5,19-20,23H,1-3H3. The number of fused-ring (bicyclic) bond motifs is 2. The minimum Gasteiger partial charge on any atom is -0.508 e. The van der Waals surface area contributed by atoms with Crippen LogP contribution in [0.1, 0.15) is 47.8 Å². The first-order valence-electron chi connectivity index (χ1n) is 7.41. The highest BCUT2D eigenvalue weighted by molar-refractivity contribution is 6.31. The molecule has 0 atom stereocenters. The van der Waals surface area contributed by atoms with E-state index in [1.807, 2.05) is 0 Å². The normalized spacial score (nSPS) is 12.4. The Morgan fingerprint density at radius 1 is 0.962 bits per heavy atom. The summed E-state index contributed by atoms with van der Waals surface area (Å²) in [7, 11) is 2.27. The molecule has 0 aliphatic heterocycles. The molecule has 0 aromatic heterocycles. The smallest absolute Gasteiger partial charge is 0.342 e. The van der Waals surface area contributed by atoms with Gasteiger partial charge in [-0.3, -0.25) is 9.59 Å². The molecule has 3 rings (SSSR count). The Hall–Kier alpha value is -3.55. The second-order valence-corrected chi connectivity index (χ2v) is 5.67. The van der Waals surface area contributed by atoms with Gasteiger partial charge in [-0.05, 0) is 18.6 Å². The number of ketones is 2. The van der Waals surface area contributed by atoms with E-state index in [2.05, 4.69) is 4.74 Å². The molecule has 1 aliphatic rings. The molecule has 134 valence electrons. The van der Waals surface area contributed by atoms with E-state index < -0.39 is 34.8 Å². The fourth-order valence-electron chi connectivity index (χ4n) is 3.18. The number of ether oxygens (including phenoxy) is 2. The molecule has 26 heavy (non-hydrogen) atoms. The lowest BCUT2D eigenvalue weighted by molar-refractivity contribution is 0.0595. The van der Waals surface area contributed by atoms with E-state index in [4.69, 9.17) is 4.74 Å². The summed E-state index contributed by atoms with van der Waals surface area (Å²) < 4.78 is 9.70. The summed E-state index contributed by atoms with van der Waals surface area (Å²) in [6, 6.07) is 1.97. The maximum atomic E-state index is 13.0. The van der Waals surface area contributed by atoms with Gasteiger partial charge < -0.3 is 24.8 Å². The van der Waals surface area contributed by atoms with Crippen LogP contribution in [-0.2, 0) is 4.74 Å². The van der Waals surface area contributed by atoms with Crippen molar-refractivity contribution in [1.29, 1.82) is 0 Å².